The molecule has 12 aromatic rings. The molecular weight excluding hydrogens is 655 g/mol. The van der Waals surface area contributed by atoms with Gasteiger partial charge >= 0.3 is 0 Å². The van der Waals surface area contributed by atoms with Gasteiger partial charge < -0.3 is 9.32 Å². The van der Waals surface area contributed by atoms with Gasteiger partial charge in [0.2, 0.25) is 0 Å². The molecule has 0 spiro atoms. The van der Waals surface area contributed by atoms with Gasteiger partial charge in [0, 0.05) is 27.8 Å². The number of para-hydroxylation sites is 1. The minimum absolute atomic E-state index is 0.887. The lowest BCUT2D eigenvalue weighted by Gasteiger charge is -2.27. The molecule has 1 heterocycles. The summed E-state index contributed by atoms with van der Waals surface area (Å²) in [6, 6.07) is 68.8. The Morgan fingerprint density at radius 1 is 0.278 bits per heavy atom. The molecule has 0 saturated heterocycles. The fourth-order valence-corrected chi connectivity index (χ4v) is 9.13. The van der Waals surface area contributed by atoms with E-state index in [1.807, 2.05) is 12.1 Å². The van der Waals surface area contributed by atoms with Crippen LogP contribution in [0.15, 0.2) is 192 Å². The lowest BCUT2D eigenvalue weighted by Crippen LogP contribution is -2.10. The third-order valence-electron chi connectivity index (χ3n) is 11.5. The lowest BCUT2D eigenvalue weighted by molar-refractivity contribution is 0.669. The summed E-state index contributed by atoms with van der Waals surface area (Å²) in [7, 11) is 0. The van der Waals surface area contributed by atoms with Gasteiger partial charge in [0.1, 0.15) is 11.2 Å². The maximum atomic E-state index is 6.30. The Morgan fingerprint density at radius 2 is 0.778 bits per heavy atom. The van der Waals surface area contributed by atoms with Gasteiger partial charge in [-0.2, -0.15) is 0 Å². The van der Waals surface area contributed by atoms with Gasteiger partial charge in [0.05, 0.1) is 0 Å². The van der Waals surface area contributed by atoms with E-state index in [1.165, 1.54) is 75.8 Å². The summed E-state index contributed by atoms with van der Waals surface area (Å²) in [5.74, 6) is 0. The first-order valence-electron chi connectivity index (χ1n) is 18.6. The van der Waals surface area contributed by atoms with Crippen molar-refractivity contribution >= 4 is 104 Å². The van der Waals surface area contributed by atoms with Crippen LogP contribution < -0.4 is 4.90 Å². The number of nitrogens with zero attached hydrogens (tertiary/aromatic N) is 1. The van der Waals surface area contributed by atoms with Crippen LogP contribution in [0.1, 0.15) is 0 Å². The third kappa shape index (κ3) is 4.22. The summed E-state index contributed by atoms with van der Waals surface area (Å²) in [5.41, 5.74) is 7.45. The second kappa shape index (κ2) is 11.2. The molecular formula is C52H31NO. The van der Waals surface area contributed by atoms with Crippen LogP contribution in [-0.2, 0) is 0 Å². The molecule has 0 amide bonds. The monoisotopic (exact) mass is 685 g/mol. The van der Waals surface area contributed by atoms with Crippen molar-refractivity contribution in [2.75, 3.05) is 4.90 Å². The van der Waals surface area contributed by atoms with Crippen LogP contribution in [0.25, 0.3) is 97.7 Å². The SMILES string of the molecule is c1ccc(-c2ccc(N(c3ccc4oc5ccccc5c4c3)c3cc4ccc5cccc6c7cccc8ccc9cccc(c(c3)c4c56)c9c87)cc2)cc1. The predicted octanol–water partition coefficient (Wildman–Crippen LogP) is 15.1. The number of furan rings is 1. The van der Waals surface area contributed by atoms with Gasteiger partial charge in [-0.15, -0.1) is 0 Å². The number of hydrogen-bond acceptors (Lipinski definition) is 2. The Balaban J connectivity index is 1.21. The van der Waals surface area contributed by atoms with E-state index in [1.54, 1.807) is 0 Å². The first-order valence-corrected chi connectivity index (χ1v) is 18.6. The molecule has 250 valence electrons. The molecule has 0 atom stereocenters. The van der Waals surface area contributed by atoms with Crippen molar-refractivity contribution in [3.05, 3.63) is 188 Å². The quantitative estimate of drug-likeness (QED) is 0.172. The zero-order valence-electron chi connectivity index (χ0n) is 29.3. The average Bonchev–Trinajstić information content (AvgIpc) is 3.61. The van der Waals surface area contributed by atoms with Gasteiger partial charge in [0.25, 0.3) is 0 Å². The van der Waals surface area contributed by atoms with Crippen LogP contribution in [0.3, 0.4) is 0 Å². The number of hydrogen-bond donors (Lipinski definition) is 0. The van der Waals surface area contributed by atoms with Crippen LogP contribution in [0.2, 0.25) is 0 Å². The van der Waals surface area contributed by atoms with Crippen LogP contribution in [0.4, 0.5) is 17.1 Å². The van der Waals surface area contributed by atoms with E-state index in [2.05, 4.69) is 181 Å². The van der Waals surface area contributed by atoms with E-state index >= 15 is 0 Å². The Hall–Kier alpha value is -7.16. The van der Waals surface area contributed by atoms with Crippen molar-refractivity contribution in [1.29, 1.82) is 0 Å². The standard InChI is InChI=1S/C52H31NO/c1-2-9-32(10-3-1)33-23-25-38(26-24-33)53(39-27-28-48-45(30-39)41-14-4-5-18-47(41)54-48)40-29-37-22-21-36-12-7-16-43-42-15-6-11-34-19-20-35-13-8-17-44(51(35)49(34)42)46(31-40)52(37)50(36)43/h1-31H. The van der Waals surface area contributed by atoms with Crippen molar-refractivity contribution in [3.63, 3.8) is 0 Å². The fourth-order valence-electron chi connectivity index (χ4n) is 9.13. The Morgan fingerprint density at radius 3 is 1.46 bits per heavy atom. The molecule has 2 nitrogen and oxygen atoms in total. The molecule has 0 fully saturated rings. The van der Waals surface area contributed by atoms with Crippen molar-refractivity contribution in [2.45, 2.75) is 0 Å². The third-order valence-corrected chi connectivity index (χ3v) is 11.5. The largest absolute Gasteiger partial charge is 0.456 e. The number of benzene rings is 10. The average molecular weight is 686 g/mol. The maximum absolute atomic E-state index is 6.30. The van der Waals surface area contributed by atoms with Crippen LogP contribution in [0, 0.1) is 0 Å². The molecule has 11 aromatic carbocycles. The summed E-state index contributed by atoms with van der Waals surface area (Å²) in [6.45, 7) is 0. The van der Waals surface area contributed by atoms with Gasteiger partial charge in [0.15, 0.2) is 0 Å². The van der Waals surface area contributed by atoms with Gasteiger partial charge in [-0.05, 0) is 124 Å². The first kappa shape index (κ1) is 29.4. The molecule has 0 aliphatic rings. The maximum Gasteiger partial charge on any atom is 0.135 e. The highest BCUT2D eigenvalue weighted by molar-refractivity contribution is 6.37. The zero-order chi connectivity index (χ0) is 35.3. The highest BCUT2D eigenvalue weighted by Crippen LogP contribution is 2.47. The Bertz CT molecular complexity index is 3430. The Labute approximate surface area is 311 Å². The van der Waals surface area contributed by atoms with Crippen molar-refractivity contribution in [1.82, 2.24) is 0 Å². The molecule has 2 heteroatoms. The first-order chi connectivity index (χ1) is 26.8. The highest BCUT2D eigenvalue weighted by atomic mass is 16.3. The van der Waals surface area contributed by atoms with Gasteiger partial charge in [-0.1, -0.05) is 140 Å². The van der Waals surface area contributed by atoms with Gasteiger partial charge in [-0.3, -0.25) is 0 Å². The van der Waals surface area contributed by atoms with E-state index in [4.69, 9.17) is 4.42 Å². The minimum atomic E-state index is 0.887. The fraction of sp³-hybridized carbons (Fsp3) is 0. The van der Waals surface area contributed by atoms with E-state index in [-0.39, 0.29) is 0 Å². The number of anilines is 3. The van der Waals surface area contributed by atoms with Gasteiger partial charge in [-0.25, -0.2) is 0 Å². The molecule has 0 aliphatic heterocycles. The molecule has 1 aromatic heterocycles. The molecule has 54 heavy (non-hydrogen) atoms. The zero-order valence-corrected chi connectivity index (χ0v) is 29.3. The molecule has 0 aliphatic carbocycles. The summed E-state index contributed by atoms with van der Waals surface area (Å²) in [5, 5.41) is 17.5. The van der Waals surface area contributed by atoms with E-state index in [0.717, 1.165) is 39.0 Å². The van der Waals surface area contributed by atoms with E-state index < -0.39 is 0 Å². The van der Waals surface area contributed by atoms with Crippen LogP contribution in [0.5, 0.6) is 0 Å². The molecule has 12 rings (SSSR count). The van der Waals surface area contributed by atoms with Crippen molar-refractivity contribution < 1.29 is 4.42 Å². The lowest BCUT2D eigenvalue weighted by atomic mass is 9.87. The summed E-state index contributed by atoms with van der Waals surface area (Å²) in [6.07, 6.45) is 0. The van der Waals surface area contributed by atoms with E-state index in [0.29, 0.717) is 0 Å². The van der Waals surface area contributed by atoms with Crippen molar-refractivity contribution in [3.8, 4) is 11.1 Å². The second-order valence-electron chi connectivity index (χ2n) is 14.5. The number of rotatable bonds is 4. The van der Waals surface area contributed by atoms with E-state index in [9.17, 15) is 0 Å². The topological polar surface area (TPSA) is 16.4 Å². The Kier molecular flexibility index (Phi) is 6.09. The minimum Gasteiger partial charge on any atom is -0.456 e. The molecule has 0 radical (unpaired) electrons. The molecule has 0 N–H and O–H groups in total. The molecule has 0 bridgehead atoms. The predicted molar refractivity (Wildman–Crippen MR) is 230 cm³/mol. The second-order valence-corrected chi connectivity index (χ2v) is 14.5. The summed E-state index contributed by atoms with van der Waals surface area (Å²) in [4.78, 5) is 2.41. The summed E-state index contributed by atoms with van der Waals surface area (Å²) >= 11 is 0. The normalized spacial score (nSPS) is 12.1. The smallest absolute Gasteiger partial charge is 0.135 e. The number of fused-ring (bicyclic) bond motifs is 5. The van der Waals surface area contributed by atoms with Crippen molar-refractivity contribution in [2.24, 2.45) is 0 Å². The summed E-state index contributed by atoms with van der Waals surface area (Å²) < 4.78 is 6.30. The van der Waals surface area contributed by atoms with Crippen LogP contribution >= 0.6 is 0 Å². The molecule has 0 unspecified atom stereocenters. The highest BCUT2D eigenvalue weighted by Gasteiger charge is 2.20. The molecule has 0 saturated carbocycles. The van der Waals surface area contributed by atoms with Crippen LogP contribution in [-0.4, -0.2) is 0 Å².